The van der Waals surface area contributed by atoms with Crippen molar-refractivity contribution in [2.75, 3.05) is 26.5 Å². The van der Waals surface area contributed by atoms with Gasteiger partial charge in [-0.3, -0.25) is 4.79 Å². The summed E-state index contributed by atoms with van der Waals surface area (Å²) in [7, 11) is 4.82. The number of carbonyl (C=O) groups excluding carboxylic acids is 1. The fourth-order valence-corrected chi connectivity index (χ4v) is 1.78. The van der Waals surface area contributed by atoms with Gasteiger partial charge in [0.2, 0.25) is 5.82 Å². The number of allylic oxidation sites excluding steroid dienone is 1. The van der Waals surface area contributed by atoms with Gasteiger partial charge in [0, 0.05) is 26.0 Å². The number of nitrogens with one attached hydrogen (secondary N) is 2. The smallest absolute Gasteiger partial charge is 0.257 e. The van der Waals surface area contributed by atoms with E-state index in [1.54, 1.807) is 32.3 Å². The predicted octanol–water partition coefficient (Wildman–Crippen LogP) is 0.887. The Morgan fingerprint density at radius 1 is 1.48 bits per heavy atom. The van der Waals surface area contributed by atoms with Gasteiger partial charge in [0.05, 0.1) is 12.7 Å². The van der Waals surface area contributed by atoms with Crippen molar-refractivity contribution >= 4 is 17.2 Å². The van der Waals surface area contributed by atoms with Crippen LogP contribution in [0.25, 0.3) is 5.57 Å². The number of nitrogens with zero attached hydrogens (tertiary/aromatic N) is 5. The summed E-state index contributed by atoms with van der Waals surface area (Å²) in [4.78, 5) is 13.6. The Morgan fingerprint density at radius 3 is 2.83 bits per heavy atom. The maximum absolute atomic E-state index is 12.2. The second kappa shape index (κ2) is 7.04. The van der Waals surface area contributed by atoms with E-state index < -0.39 is 0 Å². The number of ether oxygens (including phenoxy) is 1. The molecule has 9 heteroatoms. The maximum atomic E-state index is 12.2. The zero-order chi connectivity index (χ0) is 16.8. The van der Waals surface area contributed by atoms with Gasteiger partial charge in [-0.25, -0.2) is 0 Å². The van der Waals surface area contributed by atoms with E-state index in [0.717, 1.165) is 0 Å². The zero-order valence-electron chi connectivity index (χ0n) is 12.9. The minimum atomic E-state index is -0.187. The Balaban J connectivity index is 2.29. The molecule has 0 unspecified atom stereocenters. The molecule has 2 rings (SSSR count). The van der Waals surface area contributed by atoms with Crippen LogP contribution in [0.2, 0.25) is 0 Å². The third kappa shape index (κ3) is 3.62. The highest BCUT2D eigenvalue weighted by atomic mass is 16.5. The first kappa shape index (κ1) is 16.0. The number of aromatic nitrogens is 4. The van der Waals surface area contributed by atoms with Crippen molar-refractivity contribution in [3.05, 3.63) is 35.8 Å². The fourth-order valence-electron chi connectivity index (χ4n) is 1.78. The first-order valence-electron chi connectivity index (χ1n) is 6.57. The van der Waals surface area contributed by atoms with Gasteiger partial charge >= 0.3 is 0 Å². The predicted molar refractivity (Wildman–Crippen MR) is 82.4 cm³/mol. The molecule has 0 radical (unpaired) electrons. The van der Waals surface area contributed by atoms with Crippen molar-refractivity contribution in [3.63, 3.8) is 0 Å². The minimum absolute atomic E-state index is 0.179. The van der Waals surface area contributed by atoms with Gasteiger partial charge in [-0.05, 0) is 23.4 Å². The molecule has 118 valence electrons. The molecule has 1 aromatic carbocycles. The number of rotatable bonds is 5. The normalized spacial score (nSPS) is 10.8. The number of tetrazole rings is 1. The lowest BCUT2D eigenvalue weighted by atomic mass is 10.1. The van der Waals surface area contributed by atoms with Gasteiger partial charge < -0.3 is 15.0 Å². The summed E-state index contributed by atoms with van der Waals surface area (Å²) in [5.74, 6) is 0.461. The van der Waals surface area contributed by atoms with Crippen molar-refractivity contribution < 1.29 is 9.53 Å². The Hall–Kier alpha value is -3.41. The Bertz CT molecular complexity index is 760. The Morgan fingerprint density at radius 2 is 2.26 bits per heavy atom. The van der Waals surface area contributed by atoms with E-state index >= 15 is 0 Å². The van der Waals surface area contributed by atoms with Gasteiger partial charge in [-0.15, -0.1) is 10.2 Å². The molecular weight excluding hydrogens is 298 g/mol. The number of aromatic amines is 1. The molecule has 0 spiro atoms. The summed E-state index contributed by atoms with van der Waals surface area (Å²) >= 11 is 0. The zero-order valence-corrected chi connectivity index (χ0v) is 12.9. The highest BCUT2D eigenvalue weighted by Gasteiger charge is 2.15. The number of nitriles is 1. The van der Waals surface area contributed by atoms with E-state index in [9.17, 15) is 4.79 Å². The topological polar surface area (TPSA) is 120 Å². The number of benzene rings is 1. The number of methoxy groups -OCH3 is 1. The molecule has 23 heavy (non-hydrogen) atoms. The third-order valence-corrected chi connectivity index (χ3v) is 2.93. The van der Waals surface area contributed by atoms with Crippen LogP contribution in [-0.4, -0.2) is 52.6 Å². The molecule has 0 bridgehead atoms. The summed E-state index contributed by atoms with van der Waals surface area (Å²) in [5.41, 5.74) is 1.23. The first-order chi connectivity index (χ1) is 11.1. The second-order valence-electron chi connectivity index (χ2n) is 4.66. The lowest BCUT2D eigenvalue weighted by molar-refractivity contribution is 0.0824. The molecule has 2 N–H and O–H groups in total. The lowest BCUT2D eigenvalue weighted by Crippen LogP contribution is -2.22. The van der Waals surface area contributed by atoms with Crippen LogP contribution in [0.5, 0.6) is 5.75 Å². The van der Waals surface area contributed by atoms with E-state index in [2.05, 4.69) is 25.9 Å². The van der Waals surface area contributed by atoms with Crippen molar-refractivity contribution in [1.82, 2.24) is 25.5 Å². The maximum Gasteiger partial charge on any atom is 0.257 e. The third-order valence-electron chi connectivity index (χ3n) is 2.93. The Kier molecular flexibility index (Phi) is 4.89. The van der Waals surface area contributed by atoms with Crippen LogP contribution in [0, 0.1) is 11.3 Å². The number of H-pyrrole nitrogens is 1. The monoisotopic (exact) mass is 313 g/mol. The summed E-state index contributed by atoms with van der Waals surface area (Å²) in [5, 5.41) is 25.2. The van der Waals surface area contributed by atoms with E-state index in [0.29, 0.717) is 17.0 Å². The number of hydrogen-bond donors (Lipinski definition) is 2. The van der Waals surface area contributed by atoms with Crippen molar-refractivity contribution in [2.45, 2.75) is 0 Å². The van der Waals surface area contributed by atoms with Crippen LogP contribution in [0.15, 0.2) is 24.4 Å². The summed E-state index contributed by atoms with van der Waals surface area (Å²) in [6.45, 7) is 0. The van der Waals surface area contributed by atoms with Crippen molar-refractivity contribution in [1.29, 1.82) is 5.26 Å². The van der Waals surface area contributed by atoms with E-state index in [1.165, 1.54) is 18.2 Å². The molecule has 1 amide bonds. The standard InChI is InChI=1S/C14H15N7O2/c1-21(2)14(22)11-6-10(4-5-12(11)23-3)16-8-9(7-15)13-17-19-20-18-13/h4-6,8,16H,1-3H3,(H,17,18,19,20). The number of amides is 1. The number of hydrogen-bond acceptors (Lipinski definition) is 7. The molecular formula is C14H15N7O2. The van der Waals surface area contributed by atoms with E-state index in [-0.39, 0.29) is 17.3 Å². The molecule has 1 aromatic heterocycles. The fraction of sp³-hybridized carbons (Fsp3) is 0.214. The lowest BCUT2D eigenvalue weighted by Gasteiger charge is -2.14. The summed E-state index contributed by atoms with van der Waals surface area (Å²) in [6, 6.07) is 7.01. The van der Waals surface area contributed by atoms with E-state index in [4.69, 9.17) is 10.00 Å². The molecule has 2 aromatic rings. The average molecular weight is 313 g/mol. The van der Waals surface area contributed by atoms with Crippen LogP contribution in [0.3, 0.4) is 0 Å². The van der Waals surface area contributed by atoms with Gasteiger partial charge in [0.15, 0.2) is 0 Å². The van der Waals surface area contributed by atoms with Crippen molar-refractivity contribution in [2.24, 2.45) is 0 Å². The molecule has 0 aliphatic carbocycles. The van der Waals surface area contributed by atoms with Crippen LogP contribution < -0.4 is 10.1 Å². The molecule has 0 saturated carbocycles. The van der Waals surface area contributed by atoms with Crippen LogP contribution in [0.4, 0.5) is 5.69 Å². The van der Waals surface area contributed by atoms with Crippen LogP contribution in [-0.2, 0) is 0 Å². The first-order valence-corrected chi connectivity index (χ1v) is 6.57. The van der Waals surface area contributed by atoms with Crippen molar-refractivity contribution in [3.8, 4) is 11.8 Å². The highest BCUT2D eigenvalue weighted by Crippen LogP contribution is 2.24. The minimum Gasteiger partial charge on any atom is -0.496 e. The van der Waals surface area contributed by atoms with Crippen LogP contribution >= 0.6 is 0 Å². The van der Waals surface area contributed by atoms with Gasteiger partial charge in [-0.1, -0.05) is 0 Å². The molecule has 0 atom stereocenters. The Labute approximate surface area is 132 Å². The summed E-state index contributed by atoms with van der Waals surface area (Å²) in [6.07, 6.45) is 1.44. The summed E-state index contributed by atoms with van der Waals surface area (Å²) < 4.78 is 5.20. The SMILES string of the molecule is COc1ccc(NC=C(C#N)c2nn[nH]n2)cc1C(=O)N(C)C. The average Bonchev–Trinajstić information content (AvgIpc) is 3.08. The van der Waals surface area contributed by atoms with Crippen LogP contribution in [0.1, 0.15) is 16.2 Å². The molecule has 1 heterocycles. The molecule has 9 nitrogen and oxygen atoms in total. The van der Waals surface area contributed by atoms with E-state index in [1.807, 2.05) is 6.07 Å². The quantitative estimate of drug-likeness (QED) is 0.786. The van der Waals surface area contributed by atoms with Gasteiger partial charge in [0.25, 0.3) is 5.91 Å². The molecule has 0 saturated heterocycles. The molecule has 0 aliphatic heterocycles. The van der Waals surface area contributed by atoms with Gasteiger partial charge in [-0.2, -0.15) is 10.5 Å². The molecule has 0 aliphatic rings. The largest absolute Gasteiger partial charge is 0.496 e. The number of carbonyl (C=O) groups is 1. The second-order valence-corrected chi connectivity index (χ2v) is 4.66. The molecule has 0 fully saturated rings. The highest BCUT2D eigenvalue weighted by molar-refractivity contribution is 5.97. The van der Waals surface area contributed by atoms with Gasteiger partial charge in [0.1, 0.15) is 17.4 Å². The number of anilines is 1.